The van der Waals surface area contributed by atoms with Gasteiger partial charge in [-0.15, -0.1) is 0 Å². The zero-order valence-electron chi connectivity index (χ0n) is 21.7. The second kappa shape index (κ2) is 11.8. The second-order valence-electron chi connectivity index (χ2n) is 8.77. The highest BCUT2D eigenvalue weighted by Crippen LogP contribution is 2.30. The third-order valence-corrected chi connectivity index (χ3v) is 8.19. The molecule has 38 heavy (non-hydrogen) atoms. The quantitative estimate of drug-likeness (QED) is 0.362. The van der Waals surface area contributed by atoms with E-state index in [1.165, 1.54) is 44.4 Å². The smallest absolute Gasteiger partial charge is 0.248 e. The van der Waals surface area contributed by atoms with Crippen LogP contribution in [0.5, 0.6) is 17.2 Å². The highest BCUT2D eigenvalue weighted by Gasteiger charge is 2.30. The Morgan fingerprint density at radius 1 is 0.868 bits per heavy atom. The van der Waals surface area contributed by atoms with E-state index in [9.17, 15) is 21.6 Å². The van der Waals surface area contributed by atoms with Crippen LogP contribution in [0, 0.1) is 0 Å². The van der Waals surface area contributed by atoms with Crippen molar-refractivity contribution in [3.05, 3.63) is 72.8 Å². The zero-order valence-corrected chi connectivity index (χ0v) is 23.3. The number of anilines is 2. The van der Waals surface area contributed by atoms with Crippen molar-refractivity contribution >= 4 is 37.3 Å². The molecule has 0 aliphatic carbocycles. The summed E-state index contributed by atoms with van der Waals surface area (Å²) < 4.78 is 65.2. The number of rotatable bonds is 11. The van der Waals surface area contributed by atoms with Gasteiger partial charge in [0.1, 0.15) is 23.3 Å². The molecule has 0 bridgehead atoms. The largest absolute Gasteiger partial charge is 0.495 e. The number of ether oxygens (including phenoxy) is 2. The molecule has 0 radical (unpaired) electrons. The fourth-order valence-corrected chi connectivity index (χ4v) is 6.11. The molecule has 0 saturated heterocycles. The van der Waals surface area contributed by atoms with E-state index in [-0.39, 0.29) is 28.1 Å². The summed E-state index contributed by atoms with van der Waals surface area (Å²) >= 11 is 0. The summed E-state index contributed by atoms with van der Waals surface area (Å²) in [5.74, 6) is 0.630. The Labute approximate surface area is 223 Å². The number of para-hydroxylation sites is 1. The van der Waals surface area contributed by atoms with Gasteiger partial charge in [-0.25, -0.2) is 21.6 Å². The average molecular weight is 562 g/mol. The van der Waals surface area contributed by atoms with Gasteiger partial charge < -0.3 is 14.8 Å². The van der Waals surface area contributed by atoms with Crippen LogP contribution in [0.3, 0.4) is 0 Å². The first-order valence-corrected chi connectivity index (χ1v) is 15.0. The van der Waals surface area contributed by atoms with Crippen molar-refractivity contribution in [3.8, 4) is 17.2 Å². The van der Waals surface area contributed by atoms with Crippen LogP contribution < -0.4 is 23.8 Å². The summed E-state index contributed by atoms with van der Waals surface area (Å²) in [6, 6.07) is 17.9. The van der Waals surface area contributed by atoms with Crippen LogP contribution in [0.25, 0.3) is 0 Å². The average Bonchev–Trinajstić information content (AvgIpc) is 2.84. The van der Waals surface area contributed by atoms with Crippen LogP contribution in [0.15, 0.2) is 77.7 Å². The number of hydrogen-bond donors (Lipinski definition) is 2. The highest BCUT2D eigenvalue weighted by atomic mass is 32.2. The van der Waals surface area contributed by atoms with Gasteiger partial charge >= 0.3 is 0 Å². The van der Waals surface area contributed by atoms with Crippen molar-refractivity contribution in [2.24, 2.45) is 0 Å². The van der Waals surface area contributed by atoms with Crippen LogP contribution in [0.4, 0.5) is 11.4 Å². The predicted molar refractivity (Wildman–Crippen MR) is 147 cm³/mol. The summed E-state index contributed by atoms with van der Waals surface area (Å²) in [6.07, 6.45) is 0.997. The maximum Gasteiger partial charge on any atom is 0.248 e. The summed E-state index contributed by atoms with van der Waals surface area (Å²) in [7, 11) is -6.37. The molecule has 0 spiro atoms. The van der Waals surface area contributed by atoms with Crippen LogP contribution in [-0.2, 0) is 24.8 Å². The van der Waals surface area contributed by atoms with Gasteiger partial charge in [0.25, 0.3) is 0 Å². The molecule has 0 aliphatic rings. The summed E-state index contributed by atoms with van der Waals surface area (Å²) in [4.78, 5) is 13.1. The molecule has 0 aromatic heterocycles. The topological polar surface area (TPSA) is 131 Å². The number of carbonyl (C=O) groups excluding carboxylic acids is 1. The number of carbonyl (C=O) groups is 1. The van der Waals surface area contributed by atoms with Crippen LogP contribution in [0.1, 0.15) is 20.8 Å². The number of benzene rings is 3. The van der Waals surface area contributed by atoms with E-state index >= 15 is 0 Å². The van der Waals surface area contributed by atoms with Crippen molar-refractivity contribution in [3.63, 3.8) is 0 Å². The maximum absolute atomic E-state index is 13.2. The minimum Gasteiger partial charge on any atom is -0.495 e. The van der Waals surface area contributed by atoms with E-state index < -0.39 is 32.0 Å². The standard InChI is InChI=1S/C26H31N3O7S2/c1-18(2)28-38(33,34)23-15-16-25(35-4)24(17-23)27-26(30)19(3)29(37(5,31)32)20-11-13-22(14-12-20)36-21-9-7-6-8-10-21/h6-19,28H,1-5H3,(H,27,30)/t19-/m0/s1. The van der Waals surface area contributed by atoms with E-state index in [0.717, 1.165) is 10.6 Å². The lowest BCUT2D eigenvalue weighted by Crippen LogP contribution is -2.45. The molecule has 1 atom stereocenters. The van der Waals surface area contributed by atoms with Gasteiger partial charge in [-0.2, -0.15) is 0 Å². The van der Waals surface area contributed by atoms with Crippen molar-refractivity contribution in [2.75, 3.05) is 23.0 Å². The molecule has 1 amide bonds. The molecule has 0 saturated carbocycles. The minimum atomic E-state index is -3.89. The molecule has 0 heterocycles. The fourth-order valence-electron chi connectivity index (χ4n) is 3.66. The molecule has 3 aromatic rings. The molecule has 0 fully saturated rings. The van der Waals surface area contributed by atoms with E-state index in [1.807, 2.05) is 18.2 Å². The zero-order chi connectivity index (χ0) is 28.1. The van der Waals surface area contributed by atoms with Crippen molar-refractivity contribution < 1.29 is 31.1 Å². The van der Waals surface area contributed by atoms with Crippen molar-refractivity contribution in [2.45, 2.75) is 37.8 Å². The van der Waals surface area contributed by atoms with Crippen molar-refractivity contribution in [1.82, 2.24) is 4.72 Å². The molecule has 10 nitrogen and oxygen atoms in total. The first-order valence-electron chi connectivity index (χ1n) is 11.7. The molecular formula is C26H31N3O7S2. The third-order valence-electron chi connectivity index (χ3n) is 5.29. The van der Waals surface area contributed by atoms with E-state index in [1.54, 1.807) is 38.1 Å². The van der Waals surface area contributed by atoms with Gasteiger partial charge in [-0.1, -0.05) is 18.2 Å². The summed E-state index contributed by atoms with van der Waals surface area (Å²) in [6.45, 7) is 4.80. The molecule has 0 aliphatic heterocycles. The monoisotopic (exact) mass is 561 g/mol. The van der Waals surface area contributed by atoms with Gasteiger partial charge in [0.15, 0.2) is 0 Å². The Kier molecular flexibility index (Phi) is 9.02. The Morgan fingerprint density at radius 2 is 1.47 bits per heavy atom. The lowest BCUT2D eigenvalue weighted by atomic mass is 10.2. The first kappa shape index (κ1) is 29.0. The molecule has 3 rings (SSSR count). The number of hydrogen-bond acceptors (Lipinski definition) is 7. The Bertz CT molecular complexity index is 1470. The number of methoxy groups -OCH3 is 1. The summed E-state index contributed by atoms with van der Waals surface area (Å²) in [5.41, 5.74) is 0.330. The van der Waals surface area contributed by atoms with E-state index in [2.05, 4.69) is 10.0 Å². The minimum absolute atomic E-state index is 0.0797. The second-order valence-corrected chi connectivity index (χ2v) is 12.3. The van der Waals surface area contributed by atoms with Gasteiger partial charge in [0.2, 0.25) is 26.0 Å². The molecule has 12 heteroatoms. The SMILES string of the molecule is COc1ccc(S(=O)(=O)NC(C)C)cc1NC(=O)[C@H](C)N(c1ccc(Oc2ccccc2)cc1)S(C)(=O)=O. The van der Waals surface area contributed by atoms with Gasteiger partial charge in [-0.3, -0.25) is 9.10 Å². The number of amides is 1. The van der Waals surface area contributed by atoms with Gasteiger partial charge in [-0.05, 0) is 75.4 Å². The van der Waals surface area contributed by atoms with E-state index in [4.69, 9.17) is 9.47 Å². The molecule has 3 aromatic carbocycles. The number of nitrogens with one attached hydrogen (secondary N) is 2. The normalized spacial score (nSPS) is 12.6. The number of sulfonamides is 2. The van der Waals surface area contributed by atoms with Crippen LogP contribution in [0.2, 0.25) is 0 Å². The van der Waals surface area contributed by atoms with Crippen LogP contribution in [-0.4, -0.2) is 48.2 Å². The first-order chi connectivity index (χ1) is 17.8. The number of nitrogens with zero attached hydrogens (tertiary/aromatic N) is 1. The molecule has 204 valence electrons. The molecule has 2 N–H and O–H groups in total. The van der Waals surface area contributed by atoms with Gasteiger partial charge in [0.05, 0.1) is 29.6 Å². The van der Waals surface area contributed by atoms with Crippen LogP contribution >= 0.6 is 0 Å². The molecule has 0 unspecified atom stereocenters. The Balaban J connectivity index is 1.87. The highest BCUT2D eigenvalue weighted by molar-refractivity contribution is 7.92. The summed E-state index contributed by atoms with van der Waals surface area (Å²) in [5, 5.41) is 2.61. The lowest BCUT2D eigenvalue weighted by molar-refractivity contribution is -0.116. The maximum atomic E-state index is 13.2. The predicted octanol–water partition coefficient (Wildman–Crippen LogP) is 3.97. The Hall–Kier alpha value is -3.61. The van der Waals surface area contributed by atoms with Gasteiger partial charge in [0, 0.05) is 6.04 Å². The third kappa shape index (κ3) is 7.24. The molecular weight excluding hydrogens is 530 g/mol. The van der Waals surface area contributed by atoms with E-state index in [0.29, 0.717) is 11.5 Å². The fraction of sp³-hybridized carbons (Fsp3) is 0.269. The Morgan fingerprint density at radius 3 is 2.03 bits per heavy atom. The van der Waals surface area contributed by atoms with Crippen molar-refractivity contribution in [1.29, 1.82) is 0 Å². The lowest BCUT2D eigenvalue weighted by Gasteiger charge is -2.28.